The van der Waals surface area contributed by atoms with E-state index in [1.54, 1.807) is 7.11 Å². The van der Waals surface area contributed by atoms with E-state index in [-0.39, 0.29) is 0 Å². The summed E-state index contributed by atoms with van der Waals surface area (Å²) in [7, 11) is 1.68. The molecular weight excluding hydrogens is 516 g/mol. The maximum Gasteiger partial charge on any atom is 0.151 e. The van der Waals surface area contributed by atoms with Crippen LogP contribution in [-0.2, 0) is 0 Å². The number of rotatable bonds is 4. The molecule has 2 heterocycles. The van der Waals surface area contributed by atoms with Crippen molar-refractivity contribution in [3.8, 4) is 39.6 Å². The van der Waals surface area contributed by atoms with Gasteiger partial charge in [0.05, 0.1) is 35.4 Å². The van der Waals surface area contributed by atoms with Crippen molar-refractivity contribution in [3.63, 3.8) is 0 Å². The summed E-state index contributed by atoms with van der Waals surface area (Å²) in [4.78, 5) is 7.58. The number of methoxy groups -OCH3 is 1. The molecule has 0 radical (unpaired) electrons. The van der Waals surface area contributed by atoms with Gasteiger partial charge in [0.15, 0.2) is 11.5 Å². The lowest BCUT2D eigenvalue weighted by Gasteiger charge is -2.33. The number of nitrogens with zero attached hydrogens (tertiary/aromatic N) is 2. The second kappa shape index (κ2) is 9.74. The number of aryl methyl sites for hydroxylation is 1. The van der Waals surface area contributed by atoms with Crippen LogP contribution in [0.4, 0.5) is 17.1 Å². The Morgan fingerprint density at radius 2 is 1.32 bits per heavy atom. The molecule has 1 aliphatic heterocycles. The van der Waals surface area contributed by atoms with Gasteiger partial charge in [-0.25, -0.2) is 4.98 Å². The van der Waals surface area contributed by atoms with E-state index in [0.29, 0.717) is 5.02 Å². The SMILES string of the molecule is COc1ccc(-c2cc(-c3ccc(Cl)cc3)nc3c(N4c5ccccc5Oc5ccccc54)ccc(C)c23)cc1. The van der Waals surface area contributed by atoms with Gasteiger partial charge in [-0.15, -0.1) is 0 Å². The molecule has 5 heteroatoms. The summed E-state index contributed by atoms with van der Waals surface area (Å²) in [5, 5.41) is 1.79. The van der Waals surface area contributed by atoms with E-state index in [1.165, 1.54) is 0 Å². The average Bonchev–Trinajstić information content (AvgIpc) is 3.00. The number of aromatic nitrogens is 1. The fraction of sp³-hybridized carbons (Fsp3) is 0.0571. The normalized spacial score (nSPS) is 12.0. The number of pyridine rings is 1. The molecule has 0 amide bonds. The predicted molar refractivity (Wildman–Crippen MR) is 164 cm³/mol. The van der Waals surface area contributed by atoms with Crippen molar-refractivity contribution in [2.45, 2.75) is 6.92 Å². The number of anilines is 3. The van der Waals surface area contributed by atoms with Crippen LogP contribution in [0.1, 0.15) is 5.56 Å². The van der Waals surface area contributed by atoms with Crippen molar-refractivity contribution in [2.24, 2.45) is 0 Å². The molecule has 0 atom stereocenters. The van der Waals surface area contributed by atoms with Crippen molar-refractivity contribution < 1.29 is 9.47 Å². The van der Waals surface area contributed by atoms with E-state index in [0.717, 1.165) is 73.2 Å². The summed E-state index contributed by atoms with van der Waals surface area (Å²) in [6.07, 6.45) is 0. The van der Waals surface area contributed by atoms with Gasteiger partial charge in [0.25, 0.3) is 0 Å². The highest BCUT2D eigenvalue weighted by Crippen LogP contribution is 2.52. The van der Waals surface area contributed by atoms with Crippen molar-refractivity contribution in [2.75, 3.05) is 12.0 Å². The minimum absolute atomic E-state index is 0.693. The van der Waals surface area contributed by atoms with Gasteiger partial charge in [-0.1, -0.05) is 66.2 Å². The predicted octanol–water partition coefficient (Wildman–Crippen LogP) is 10.1. The number of halogens is 1. The summed E-state index contributed by atoms with van der Waals surface area (Å²) < 4.78 is 11.7. The van der Waals surface area contributed by atoms with Gasteiger partial charge in [-0.05, 0) is 84.3 Å². The van der Waals surface area contributed by atoms with Crippen LogP contribution >= 0.6 is 11.6 Å². The summed E-state index contributed by atoms with van der Waals surface area (Å²) >= 11 is 6.24. The molecule has 0 bridgehead atoms. The highest BCUT2D eigenvalue weighted by molar-refractivity contribution is 6.30. The van der Waals surface area contributed by atoms with Crippen molar-refractivity contribution in [1.82, 2.24) is 4.98 Å². The smallest absolute Gasteiger partial charge is 0.151 e. The zero-order valence-corrected chi connectivity index (χ0v) is 22.8. The number of para-hydroxylation sites is 4. The Morgan fingerprint density at radius 1 is 0.700 bits per heavy atom. The molecule has 0 spiro atoms. The largest absolute Gasteiger partial charge is 0.497 e. The first kappa shape index (κ1) is 24.3. The summed E-state index contributed by atoms with van der Waals surface area (Å²) in [5.41, 5.74) is 9.03. The first-order chi connectivity index (χ1) is 19.6. The third-order valence-electron chi connectivity index (χ3n) is 7.36. The average molecular weight is 541 g/mol. The molecule has 6 aromatic rings. The minimum Gasteiger partial charge on any atom is -0.497 e. The zero-order valence-electron chi connectivity index (χ0n) is 22.1. The van der Waals surface area contributed by atoms with Crippen LogP contribution in [0, 0.1) is 6.92 Å². The van der Waals surface area contributed by atoms with Crippen LogP contribution in [0.5, 0.6) is 17.2 Å². The van der Waals surface area contributed by atoms with E-state index in [9.17, 15) is 0 Å². The van der Waals surface area contributed by atoms with Gasteiger partial charge >= 0.3 is 0 Å². The van der Waals surface area contributed by atoms with E-state index in [4.69, 9.17) is 26.1 Å². The lowest BCUT2D eigenvalue weighted by Crippen LogP contribution is -2.16. The van der Waals surface area contributed by atoms with Gasteiger partial charge in [0.1, 0.15) is 5.75 Å². The second-order valence-corrected chi connectivity index (χ2v) is 10.2. The van der Waals surface area contributed by atoms with Gasteiger partial charge < -0.3 is 14.4 Å². The third kappa shape index (κ3) is 4.05. The Balaban J connectivity index is 1.56. The minimum atomic E-state index is 0.693. The molecule has 194 valence electrons. The summed E-state index contributed by atoms with van der Waals surface area (Å²) in [5.74, 6) is 2.43. The highest BCUT2D eigenvalue weighted by atomic mass is 35.5. The topological polar surface area (TPSA) is 34.6 Å². The molecule has 4 nitrogen and oxygen atoms in total. The lowest BCUT2D eigenvalue weighted by atomic mass is 9.94. The molecular formula is C35H25ClN2O2. The van der Waals surface area contributed by atoms with Gasteiger partial charge in [0, 0.05) is 16.0 Å². The maximum atomic E-state index is 6.30. The Labute approximate surface area is 238 Å². The Morgan fingerprint density at radius 3 is 1.98 bits per heavy atom. The first-order valence-electron chi connectivity index (χ1n) is 13.1. The number of hydrogen-bond donors (Lipinski definition) is 0. The van der Waals surface area contributed by atoms with E-state index in [1.807, 2.05) is 72.8 Å². The molecule has 0 unspecified atom stereocenters. The number of ether oxygens (including phenoxy) is 2. The fourth-order valence-corrected chi connectivity index (χ4v) is 5.53. The summed E-state index contributed by atoms with van der Waals surface area (Å²) in [6, 6.07) is 38.8. The Kier molecular flexibility index (Phi) is 5.91. The Hall–Kier alpha value is -4.80. The first-order valence-corrected chi connectivity index (χ1v) is 13.5. The molecule has 1 aliphatic rings. The number of fused-ring (bicyclic) bond motifs is 3. The molecule has 5 aromatic carbocycles. The van der Waals surface area contributed by atoms with Crippen molar-refractivity contribution in [3.05, 3.63) is 126 Å². The van der Waals surface area contributed by atoms with Crippen LogP contribution in [0.25, 0.3) is 33.3 Å². The molecule has 7 rings (SSSR count). The molecule has 0 N–H and O–H groups in total. The standard InChI is InChI=1S/C35H25ClN2O2/c1-22-11-20-31(38-29-7-3-5-9-32(29)40-33-10-6-4-8-30(33)38)35-34(22)27(23-14-18-26(39-2)19-15-23)21-28(37-35)24-12-16-25(36)17-13-24/h3-21H,1-2H3. The lowest BCUT2D eigenvalue weighted by molar-refractivity contribution is 0.415. The van der Waals surface area contributed by atoms with Crippen molar-refractivity contribution in [1.29, 1.82) is 0 Å². The molecule has 40 heavy (non-hydrogen) atoms. The van der Waals surface area contributed by atoms with Gasteiger partial charge in [0.2, 0.25) is 0 Å². The second-order valence-electron chi connectivity index (χ2n) is 9.79. The zero-order chi connectivity index (χ0) is 27.2. The van der Waals surface area contributed by atoms with Crippen molar-refractivity contribution >= 4 is 39.6 Å². The third-order valence-corrected chi connectivity index (χ3v) is 7.61. The van der Waals surface area contributed by atoms with Crippen LogP contribution < -0.4 is 14.4 Å². The summed E-state index contributed by atoms with van der Waals surface area (Å²) in [6.45, 7) is 2.14. The van der Waals surface area contributed by atoms with E-state index >= 15 is 0 Å². The van der Waals surface area contributed by atoms with Gasteiger partial charge in [-0.3, -0.25) is 0 Å². The van der Waals surface area contributed by atoms with E-state index < -0.39 is 0 Å². The van der Waals surface area contributed by atoms with Crippen LogP contribution in [0.3, 0.4) is 0 Å². The quantitative estimate of drug-likeness (QED) is 0.222. The molecule has 0 aliphatic carbocycles. The van der Waals surface area contributed by atoms with Crippen LogP contribution in [0.2, 0.25) is 5.02 Å². The van der Waals surface area contributed by atoms with E-state index in [2.05, 4.69) is 54.3 Å². The fourth-order valence-electron chi connectivity index (χ4n) is 5.41. The monoisotopic (exact) mass is 540 g/mol. The number of benzene rings is 5. The highest BCUT2D eigenvalue weighted by Gasteiger charge is 2.28. The molecule has 0 fully saturated rings. The van der Waals surface area contributed by atoms with Crippen LogP contribution in [-0.4, -0.2) is 12.1 Å². The van der Waals surface area contributed by atoms with Crippen LogP contribution in [0.15, 0.2) is 115 Å². The molecule has 0 saturated carbocycles. The van der Waals surface area contributed by atoms with Gasteiger partial charge in [-0.2, -0.15) is 0 Å². The Bertz CT molecular complexity index is 1840. The molecule has 0 saturated heterocycles. The maximum absolute atomic E-state index is 6.30. The number of hydrogen-bond acceptors (Lipinski definition) is 4. The molecule has 1 aromatic heterocycles.